The third kappa shape index (κ3) is 2.43. The van der Waals surface area contributed by atoms with Crippen molar-refractivity contribution in [1.82, 2.24) is 5.32 Å². The Bertz CT molecular complexity index is 386. The van der Waals surface area contributed by atoms with Crippen LogP contribution >= 0.6 is 11.6 Å². The lowest BCUT2D eigenvalue weighted by Crippen LogP contribution is -2.39. The van der Waals surface area contributed by atoms with E-state index < -0.39 is 0 Å². The van der Waals surface area contributed by atoms with Crippen molar-refractivity contribution in [3.63, 3.8) is 0 Å². The molecule has 3 heteroatoms. The second kappa shape index (κ2) is 5.28. The Morgan fingerprint density at radius 1 is 1.35 bits per heavy atom. The van der Waals surface area contributed by atoms with E-state index in [0.717, 1.165) is 30.3 Å². The van der Waals surface area contributed by atoms with Crippen molar-refractivity contribution >= 4 is 11.6 Å². The first-order chi connectivity index (χ1) is 8.22. The van der Waals surface area contributed by atoms with Gasteiger partial charge in [-0.1, -0.05) is 24.6 Å². The van der Waals surface area contributed by atoms with Crippen molar-refractivity contribution in [3.8, 4) is 5.75 Å². The van der Waals surface area contributed by atoms with Gasteiger partial charge in [0.25, 0.3) is 0 Å². The molecule has 1 aromatic carbocycles. The SMILES string of the molecule is CCC1(c2ccc(OC)c(Cl)c2)CCNCC1. The zero-order chi connectivity index (χ0) is 12.3. The van der Waals surface area contributed by atoms with E-state index in [1.54, 1.807) is 7.11 Å². The molecule has 0 bridgehead atoms. The van der Waals surface area contributed by atoms with Gasteiger partial charge in [0.1, 0.15) is 5.75 Å². The largest absolute Gasteiger partial charge is 0.495 e. The van der Waals surface area contributed by atoms with Crippen LogP contribution in [0.4, 0.5) is 0 Å². The van der Waals surface area contributed by atoms with Gasteiger partial charge in [0, 0.05) is 0 Å². The zero-order valence-electron chi connectivity index (χ0n) is 10.6. The number of hydrogen-bond acceptors (Lipinski definition) is 2. The molecule has 0 saturated carbocycles. The Morgan fingerprint density at radius 2 is 2.06 bits per heavy atom. The molecule has 0 spiro atoms. The van der Waals surface area contributed by atoms with Crippen LogP contribution < -0.4 is 10.1 Å². The molecule has 1 saturated heterocycles. The first kappa shape index (κ1) is 12.7. The van der Waals surface area contributed by atoms with E-state index in [2.05, 4.69) is 24.4 Å². The van der Waals surface area contributed by atoms with Crippen LogP contribution in [-0.2, 0) is 5.41 Å². The first-order valence-corrected chi connectivity index (χ1v) is 6.64. The van der Waals surface area contributed by atoms with Crippen LogP contribution in [0, 0.1) is 0 Å². The third-order valence-corrected chi connectivity index (χ3v) is 4.30. The van der Waals surface area contributed by atoms with Gasteiger partial charge in [-0.15, -0.1) is 0 Å². The molecule has 0 amide bonds. The maximum Gasteiger partial charge on any atom is 0.137 e. The van der Waals surface area contributed by atoms with Crippen molar-refractivity contribution in [2.45, 2.75) is 31.6 Å². The van der Waals surface area contributed by atoms with Crippen molar-refractivity contribution in [2.75, 3.05) is 20.2 Å². The maximum atomic E-state index is 6.23. The minimum atomic E-state index is 0.293. The van der Waals surface area contributed by atoms with Crippen LogP contribution in [0.15, 0.2) is 18.2 Å². The number of piperidine rings is 1. The van der Waals surface area contributed by atoms with Gasteiger partial charge >= 0.3 is 0 Å². The molecular weight excluding hydrogens is 234 g/mol. The number of nitrogens with one attached hydrogen (secondary N) is 1. The lowest BCUT2D eigenvalue weighted by molar-refractivity contribution is 0.297. The Balaban J connectivity index is 2.33. The lowest BCUT2D eigenvalue weighted by atomic mass is 9.71. The molecular formula is C14H20ClNO. The summed E-state index contributed by atoms with van der Waals surface area (Å²) in [5.41, 5.74) is 1.65. The van der Waals surface area contributed by atoms with Gasteiger partial charge in [-0.25, -0.2) is 0 Å². The van der Waals surface area contributed by atoms with E-state index in [0.29, 0.717) is 5.41 Å². The lowest BCUT2D eigenvalue weighted by Gasteiger charge is -2.37. The Hall–Kier alpha value is -0.730. The highest BCUT2D eigenvalue weighted by Gasteiger charge is 2.32. The van der Waals surface area contributed by atoms with Crippen LogP contribution in [0.3, 0.4) is 0 Å². The molecule has 0 atom stereocenters. The average molecular weight is 254 g/mol. The van der Waals surface area contributed by atoms with Crippen molar-refractivity contribution < 1.29 is 4.74 Å². The van der Waals surface area contributed by atoms with E-state index in [9.17, 15) is 0 Å². The summed E-state index contributed by atoms with van der Waals surface area (Å²) in [6.45, 7) is 4.46. The highest BCUT2D eigenvalue weighted by atomic mass is 35.5. The highest BCUT2D eigenvalue weighted by Crippen LogP contribution is 2.39. The molecule has 1 fully saturated rings. The van der Waals surface area contributed by atoms with Gasteiger partial charge in [-0.2, -0.15) is 0 Å². The fourth-order valence-electron chi connectivity index (χ4n) is 2.75. The summed E-state index contributed by atoms with van der Waals surface area (Å²) in [6, 6.07) is 6.23. The summed E-state index contributed by atoms with van der Waals surface area (Å²) in [6.07, 6.45) is 3.54. The number of methoxy groups -OCH3 is 1. The van der Waals surface area contributed by atoms with Gasteiger partial charge in [-0.05, 0) is 55.5 Å². The molecule has 1 heterocycles. The van der Waals surface area contributed by atoms with Crippen LogP contribution in [0.2, 0.25) is 5.02 Å². The van der Waals surface area contributed by atoms with E-state index in [1.807, 2.05) is 6.07 Å². The molecule has 1 aliphatic rings. The molecule has 1 N–H and O–H groups in total. The topological polar surface area (TPSA) is 21.3 Å². The summed E-state index contributed by atoms with van der Waals surface area (Å²) < 4.78 is 5.21. The van der Waals surface area contributed by atoms with Crippen molar-refractivity contribution in [1.29, 1.82) is 0 Å². The summed E-state index contributed by atoms with van der Waals surface area (Å²) in [5.74, 6) is 0.760. The first-order valence-electron chi connectivity index (χ1n) is 6.26. The highest BCUT2D eigenvalue weighted by molar-refractivity contribution is 6.32. The molecule has 0 unspecified atom stereocenters. The van der Waals surface area contributed by atoms with Gasteiger partial charge in [0.15, 0.2) is 0 Å². The molecule has 1 aliphatic heterocycles. The van der Waals surface area contributed by atoms with Gasteiger partial charge in [0.2, 0.25) is 0 Å². The van der Waals surface area contributed by atoms with Crippen molar-refractivity contribution in [3.05, 3.63) is 28.8 Å². The van der Waals surface area contributed by atoms with E-state index in [1.165, 1.54) is 18.4 Å². The summed E-state index contributed by atoms with van der Waals surface area (Å²) in [7, 11) is 1.65. The average Bonchev–Trinajstić information content (AvgIpc) is 2.39. The van der Waals surface area contributed by atoms with E-state index in [-0.39, 0.29) is 0 Å². The molecule has 2 rings (SSSR count). The predicted octanol–water partition coefficient (Wildman–Crippen LogP) is 3.38. The third-order valence-electron chi connectivity index (χ3n) is 4.00. The Labute approximate surface area is 108 Å². The fourth-order valence-corrected chi connectivity index (χ4v) is 3.01. The molecule has 0 aromatic heterocycles. The number of halogens is 1. The molecule has 17 heavy (non-hydrogen) atoms. The minimum absolute atomic E-state index is 0.293. The number of ether oxygens (including phenoxy) is 1. The number of rotatable bonds is 3. The van der Waals surface area contributed by atoms with Crippen LogP contribution in [0.25, 0.3) is 0 Å². The predicted molar refractivity (Wildman–Crippen MR) is 72.1 cm³/mol. The van der Waals surface area contributed by atoms with Gasteiger partial charge < -0.3 is 10.1 Å². The second-order valence-electron chi connectivity index (χ2n) is 4.73. The van der Waals surface area contributed by atoms with Gasteiger partial charge in [0.05, 0.1) is 12.1 Å². The summed E-state index contributed by atoms with van der Waals surface area (Å²) >= 11 is 6.23. The second-order valence-corrected chi connectivity index (χ2v) is 5.14. The number of hydrogen-bond donors (Lipinski definition) is 1. The standard InChI is InChI=1S/C14H20ClNO/c1-3-14(6-8-16-9-7-14)11-4-5-13(17-2)12(15)10-11/h4-5,10,16H,3,6-9H2,1-2H3. The Kier molecular flexibility index (Phi) is 3.95. The fraction of sp³-hybridized carbons (Fsp3) is 0.571. The van der Waals surface area contributed by atoms with Crippen LogP contribution in [0.1, 0.15) is 31.7 Å². The molecule has 0 aliphatic carbocycles. The van der Waals surface area contributed by atoms with Crippen molar-refractivity contribution in [2.24, 2.45) is 0 Å². The molecule has 2 nitrogen and oxygen atoms in total. The quantitative estimate of drug-likeness (QED) is 0.892. The maximum absolute atomic E-state index is 6.23. The summed E-state index contributed by atoms with van der Waals surface area (Å²) in [5, 5.41) is 4.14. The molecule has 94 valence electrons. The van der Waals surface area contributed by atoms with E-state index >= 15 is 0 Å². The normalized spacial score (nSPS) is 19.0. The van der Waals surface area contributed by atoms with Gasteiger partial charge in [-0.3, -0.25) is 0 Å². The van der Waals surface area contributed by atoms with Crippen LogP contribution in [0.5, 0.6) is 5.75 Å². The zero-order valence-corrected chi connectivity index (χ0v) is 11.3. The minimum Gasteiger partial charge on any atom is -0.495 e. The molecule has 1 aromatic rings. The van der Waals surface area contributed by atoms with E-state index in [4.69, 9.17) is 16.3 Å². The Morgan fingerprint density at radius 3 is 2.59 bits per heavy atom. The summed E-state index contributed by atoms with van der Waals surface area (Å²) in [4.78, 5) is 0. The number of benzene rings is 1. The smallest absolute Gasteiger partial charge is 0.137 e. The molecule has 0 radical (unpaired) electrons. The monoisotopic (exact) mass is 253 g/mol. The van der Waals surface area contributed by atoms with Crippen LogP contribution in [-0.4, -0.2) is 20.2 Å².